The molecular formula is C19H18O5. The molecule has 0 amide bonds. The van der Waals surface area contributed by atoms with E-state index < -0.39 is 6.16 Å². The van der Waals surface area contributed by atoms with Crippen LogP contribution in [0.5, 0.6) is 23.0 Å². The average Bonchev–Trinajstić information content (AvgIpc) is 2.60. The fourth-order valence-corrected chi connectivity index (χ4v) is 1.73. The number of hydrogen-bond donors (Lipinski definition) is 0. The van der Waals surface area contributed by atoms with Gasteiger partial charge in [0.1, 0.15) is 36.2 Å². The number of carbonyl (C=O) groups excluding carboxylic acids is 1. The third-order valence-electron chi connectivity index (χ3n) is 2.79. The molecule has 124 valence electrons. The lowest BCUT2D eigenvalue weighted by Crippen LogP contribution is -2.13. The van der Waals surface area contributed by atoms with Crippen molar-refractivity contribution >= 4 is 6.16 Å². The highest BCUT2D eigenvalue weighted by atomic mass is 16.7. The molecule has 0 unspecified atom stereocenters. The average molecular weight is 326 g/mol. The predicted octanol–water partition coefficient (Wildman–Crippen LogP) is 4.39. The minimum absolute atomic E-state index is 0.358. The number of hydrogen-bond acceptors (Lipinski definition) is 5. The molecular weight excluding hydrogens is 308 g/mol. The van der Waals surface area contributed by atoms with Crippen molar-refractivity contribution in [2.75, 3.05) is 13.2 Å². The summed E-state index contributed by atoms with van der Waals surface area (Å²) in [4.78, 5) is 11.8. The second kappa shape index (κ2) is 9.05. The molecule has 0 aliphatic heterocycles. The third-order valence-corrected chi connectivity index (χ3v) is 2.79. The van der Waals surface area contributed by atoms with Crippen LogP contribution in [0.4, 0.5) is 4.79 Å². The van der Waals surface area contributed by atoms with Gasteiger partial charge in [0.15, 0.2) is 0 Å². The van der Waals surface area contributed by atoms with E-state index in [4.69, 9.17) is 18.9 Å². The maximum atomic E-state index is 11.8. The largest absolute Gasteiger partial charge is 0.519 e. The molecule has 2 aromatic carbocycles. The lowest BCUT2D eigenvalue weighted by Gasteiger charge is -2.08. The highest BCUT2D eigenvalue weighted by Gasteiger charge is 2.08. The van der Waals surface area contributed by atoms with Crippen LogP contribution in [-0.2, 0) is 0 Å². The maximum absolute atomic E-state index is 11.8. The molecule has 0 N–H and O–H groups in total. The van der Waals surface area contributed by atoms with E-state index in [9.17, 15) is 4.79 Å². The Kier molecular flexibility index (Phi) is 6.46. The van der Waals surface area contributed by atoms with Crippen LogP contribution in [0, 0.1) is 0 Å². The van der Waals surface area contributed by atoms with Crippen LogP contribution in [0.15, 0.2) is 73.8 Å². The van der Waals surface area contributed by atoms with Gasteiger partial charge in [-0.05, 0) is 48.5 Å². The highest BCUT2D eigenvalue weighted by molar-refractivity contribution is 5.67. The summed E-state index contributed by atoms with van der Waals surface area (Å²) in [6.45, 7) is 7.96. The Hall–Kier alpha value is -3.21. The van der Waals surface area contributed by atoms with Gasteiger partial charge in [-0.15, -0.1) is 0 Å². The Balaban J connectivity index is 1.86. The smallest absolute Gasteiger partial charge is 0.490 e. The van der Waals surface area contributed by atoms with Crippen LogP contribution in [0.25, 0.3) is 0 Å². The first-order valence-corrected chi connectivity index (χ1v) is 7.28. The van der Waals surface area contributed by atoms with Gasteiger partial charge in [-0.2, -0.15) is 0 Å². The molecule has 5 heteroatoms. The zero-order valence-corrected chi connectivity index (χ0v) is 13.1. The van der Waals surface area contributed by atoms with Crippen LogP contribution in [0.3, 0.4) is 0 Å². The summed E-state index contributed by atoms with van der Waals surface area (Å²) in [6.07, 6.45) is 2.47. The molecule has 0 aromatic heterocycles. The van der Waals surface area contributed by atoms with Crippen LogP contribution < -0.4 is 18.9 Å². The molecule has 0 aliphatic rings. The van der Waals surface area contributed by atoms with Crippen molar-refractivity contribution in [3.8, 4) is 23.0 Å². The van der Waals surface area contributed by atoms with Gasteiger partial charge < -0.3 is 18.9 Å². The molecule has 2 aromatic rings. The van der Waals surface area contributed by atoms with Gasteiger partial charge in [0.05, 0.1) is 0 Å². The van der Waals surface area contributed by atoms with E-state index in [2.05, 4.69) is 13.2 Å². The standard InChI is InChI=1S/C19H18O5/c1-3-13-21-15-5-9-17(10-6-15)23-19(20)24-18-11-7-16(8-12-18)22-14-4-2/h3-12H,1-2,13-14H2. The van der Waals surface area contributed by atoms with Gasteiger partial charge in [-0.25, -0.2) is 4.79 Å². The lowest BCUT2D eigenvalue weighted by atomic mass is 10.3. The number of benzene rings is 2. The van der Waals surface area contributed by atoms with E-state index in [1.54, 1.807) is 60.7 Å². The molecule has 0 radical (unpaired) electrons. The second-order valence-electron chi connectivity index (χ2n) is 4.60. The maximum Gasteiger partial charge on any atom is 0.519 e. The van der Waals surface area contributed by atoms with E-state index in [1.807, 2.05) is 0 Å². The Morgan fingerprint density at radius 1 is 0.708 bits per heavy atom. The number of ether oxygens (including phenoxy) is 4. The molecule has 24 heavy (non-hydrogen) atoms. The summed E-state index contributed by atoms with van der Waals surface area (Å²) in [7, 11) is 0. The lowest BCUT2D eigenvalue weighted by molar-refractivity contribution is 0.152. The minimum atomic E-state index is -0.825. The molecule has 0 aliphatic carbocycles. The Bertz CT molecular complexity index is 614. The van der Waals surface area contributed by atoms with Crippen molar-refractivity contribution in [1.29, 1.82) is 0 Å². The topological polar surface area (TPSA) is 54.0 Å². The van der Waals surface area contributed by atoms with E-state index >= 15 is 0 Å². The van der Waals surface area contributed by atoms with Crippen molar-refractivity contribution in [1.82, 2.24) is 0 Å². The van der Waals surface area contributed by atoms with Crippen LogP contribution in [0.2, 0.25) is 0 Å². The molecule has 0 heterocycles. The summed E-state index contributed by atoms with van der Waals surface area (Å²) in [5, 5.41) is 0. The first-order chi connectivity index (χ1) is 11.7. The number of carbonyl (C=O) groups is 1. The Labute approximate surface area is 140 Å². The zero-order chi connectivity index (χ0) is 17.2. The molecule has 2 rings (SSSR count). The quantitative estimate of drug-likeness (QED) is 0.409. The van der Waals surface area contributed by atoms with E-state index in [0.29, 0.717) is 36.2 Å². The summed E-state index contributed by atoms with van der Waals surface area (Å²) < 4.78 is 20.9. The van der Waals surface area contributed by atoms with Crippen LogP contribution in [0.1, 0.15) is 0 Å². The minimum Gasteiger partial charge on any atom is -0.490 e. The first-order valence-electron chi connectivity index (χ1n) is 7.28. The van der Waals surface area contributed by atoms with Gasteiger partial charge >= 0.3 is 6.16 Å². The van der Waals surface area contributed by atoms with Gasteiger partial charge in [0, 0.05) is 0 Å². The summed E-state index contributed by atoms with van der Waals surface area (Å²) in [5.41, 5.74) is 0. The van der Waals surface area contributed by atoms with Crippen molar-refractivity contribution in [2.45, 2.75) is 0 Å². The molecule has 0 atom stereocenters. The van der Waals surface area contributed by atoms with Crippen molar-refractivity contribution < 1.29 is 23.7 Å². The van der Waals surface area contributed by atoms with Gasteiger partial charge in [-0.3, -0.25) is 0 Å². The number of rotatable bonds is 8. The summed E-state index contributed by atoms with van der Waals surface area (Å²) in [6, 6.07) is 13.2. The van der Waals surface area contributed by atoms with Crippen LogP contribution >= 0.6 is 0 Å². The third kappa shape index (κ3) is 5.53. The first kappa shape index (κ1) is 17.1. The van der Waals surface area contributed by atoms with Crippen molar-refractivity contribution in [2.24, 2.45) is 0 Å². The van der Waals surface area contributed by atoms with E-state index in [1.165, 1.54) is 0 Å². The second-order valence-corrected chi connectivity index (χ2v) is 4.60. The van der Waals surface area contributed by atoms with E-state index in [0.717, 1.165) is 0 Å². The molecule has 0 saturated heterocycles. The molecule has 0 bridgehead atoms. The SMILES string of the molecule is C=CCOc1ccc(OC(=O)Oc2ccc(OCC=C)cc2)cc1. The molecule has 0 fully saturated rings. The summed E-state index contributed by atoms with van der Waals surface area (Å²) >= 11 is 0. The summed E-state index contributed by atoms with van der Waals surface area (Å²) in [5.74, 6) is 2.03. The van der Waals surface area contributed by atoms with Gasteiger partial charge in [-0.1, -0.05) is 25.3 Å². The normalized spacial score (nSPS) is 9.67. The van der Waals surface area contributed by atoms with Gasteiger partial charge in [0.2, 0.25) is 0 Å². The highest BCUT2D eigenvalue weighted by Crippen LogP contribution is 2.20. The fraction of sp³-hybridized carbons (Fsp3) is 0.105. The van der Waals surface area contributed by atoms with E-state index in [-0.39, 0.29) is 0 Å². The zero-order valence-electron chi connectivity index (χ0n) is 13.1. The Morgan fingerprint density at radius 3 is 1.38 bits per heavy atom. The van der Waals surface area contributed by atoms with Crippen molar-refractivity contribution in [3.05, 3.63) is 73.8 Å². The fourth-order valence-electron chi connectivity index (χ4n) is 1.73. The predicted molar refractivity (Wildman–Crippen MR) is 90.9 cm³/mol. The molecule has 0 saturated carbocycles. The van der Waals surface area contributed by atoms with Crippen LogP contribution in [-0.4, -0.2) is 19.4 Å². The van der Waals surface area contributed by atoms with Gasteiger partial charge in [0.25, 0.3) is 0 Å². The molecule has 5 nitrogen and oxygen atoms in total. The monoisotopic (exact) mass is 326 g/mol. The molecule has 0 spiro atoms. The van der Waals surface area contributed by atoms with Crippen molar-refractivity contribution in [3.63, 3.8) is 0 Å². The Morgan fingerprint density at radius 2 is 1.04 bits per heavy atom.